The molecule has 0 aromatic heterocycles. The number of halogens is 1. The average Bonchev–Trinajstić information content (AvgIpc) is 2.84. The average molecular weight is 485 g/mol. The summed E-state index contributed by atoms with van der Waals surface area (Å²) >= 11 is 0. The van der Waals surface area contributed by atoms with Gasteiger partial charge in [0.05, 0.1) is 11.5 Å². The van der Waals surface area contributed by atoms with Crippen molar-refractivity contribution in [2.45, 2.75) is 61.4 Å². The maximum Gasteiger partial charge on any atom is 0.243 e. The van der Waals surface area contributed by atoms with E-state index >= 15 is 0 Å². The minimum absolute atomic E-state index is 0.00165. The van der Waals surface area contributed by atoms with Crippen molar-refractivity contribution in [1.29, 1.82) is 0 Å². The van der Waals surface area contributed by atoms with Crippen LogP contribution in [0.2, 0.25) is 0 Å². The van der Waals surface area contributed by atoms with E-state index in [1.165, 1.54) is 48.2 Å². The van der Waals surface area contributed by atoms with Gasteiger partial charge in [0, 0.05) is 31.1 Å². The lowest BCUT2D eigenvalue weighted by atomic mass is 9.74. The predicted molar refractivity (Wildman–Crippen MR) is 131 cm³/mol. The van der Waals surface area contributed by atoms with Gasteiger partial charge in [-0.1, -0.05) is 30.3 Å². The van der Waals surface area contributed by atoms with E-state index in [0.29, 0.717) is 13.1 Å². The van der Waals surface area contributed by atoms with Crippen LogP contribution >= 0.6 is 0 Å². The van der Waals surface area contributed by atoms with Crippen LogP contribution < -0.4 is 0 Å². The predicted octanol–water partition coefficient (Wildman–Crippen LogP) is 4.40. The van der Waals surface area contributed by atoms with E-state index in [0.717, 1.165) is 37.8 Å². The van der Waals surface area contributed by atoms with Crippen LogP contribution in [0.3, 0.4) is 0 Å². The van der Waals surface area contributed by atoms with Crippen LogP contribution in [0.5, 0.6) is 0 Å². The number of sulfonamides is 1. The van der Waals surface area contributed by atoms with Crippen molar-refractivity contribution in [3.8, 4) is 0 Å². The highest BCUT2D eigenvalue weighted by molar-refractivity contribution is 7.89. The monoisotopic (exact) mass is 484 g/mol. The van der Waals surface area contributed by atoms with E-state index in [2.05, 4.69) is 35.2 Å². The summed E-state index contributed by atoms with van der Waals surface area (Å²) in [4.78, 5) is 2.40. The molecule has 3 aliphatic rings. The second-order valence-electron chi connectivity index (χ2n) is 9.70. The minimum Gasteiger partial charge on any atom is -0.395 e. The molecule has 2 aromatic rings. The molecule has 182 valence electrons. The van der Waals surface area contributed by atoms with Crippen molar-refractivity contribution in [3.05, 3.63) is 71.6 Å². The Kier molecular flexibility index (Phi) is 6.89. The zero-order valence-corrected chi connectivity index (χ0v) is 20.3. The molecule has 1 aliphatic carbocycles. The number of fused-ring (bicyclic) bond motifs is 1. The van der Waals surface area contributed by atoms with E-state index in [1.807, 2.05) is 0 Å². The fraction of sp³-hybridized carbons (Fsp3) is 0.481. The molecular weight excluding hydrogens is 451 g/mol. The summed E-state index contributed by atoms with van der Waals surface area (Å²) in [6.07, 6.45) is 8.73. The number of nitrogens with zero attached hydrogens (tertiary/aromatic N) is 2. The molecule has 0 radical (unpaired) electrons. The van der Waals surface area contributed by atoms with Crippen LogP contribution in [0.15, 0.2) is 59.5 Å². The molecule has 2 aromatic carbocycles. The number of hydrogen-bond donors (Lipinski definition) is 1. The topological polar surface area (TPSA) is 60.9 Å². The normalized spacial score (nSPS) is 26.6. The summed E-state index contributed by atoms with van der Waals surface area (Å²) < 4.78 is 41.7. The zero-order valence-electron chi connectivity index (χ0n) is 19.4. The first-order valence-electron chi connectivity index (χ1n) is 12.4. The summed E-state index contributed by atoms with van der Waals surface area (Å²) in [7, 11) is -3.72. The smallest absolute Gasteiger partial charge is 0.243 e. The van der Waals surface area contributed by atoms with Gasteiger partial charge in [-0.25, -0.2) is 12.8 Å². The molecule has 5 rings (SSSR count). The Morgan fingerprint density at radius 3 is 2.35 bits per heavy atom. The second kappa shape index (κ2) is 9.90. The van der Waals surface area contributed by atoms with Gasteiger partial charge >= 0.3 is 0 Å². The third kappa shape index (κ3) is 4.47. The highest BCUT2D eigenvalue weighted by Crippen LogP contribution is 2.43. The van der Waals surface area contributed by atoms with E-state index in [4.69, 9.17) is 0 Å². The van der Waals surface area contributed by atoms with Crippen molar-refractivity contribution in [2.75, 3.05) is 26.2 Å². The van der Waals surface area contributed by atoms with Crippen molar-refractivity contribution in [2.24, 2.45) is 0 Å². The molecule has 0 saturated carbocycles. The van der Waals surface area contributed by atoms with Gasteiger partial charge < -0.3 is 5.11 Å². The number of rotatable bonds is 5. The van der Waals surface area contributed by atoms with Crippen LogP contribution in [-0.2, 0) is 10.0 Å². The molecule has 2 aliphatic heterocycles. The standard InChI is InChI=1S/C27H33FN2O3S/c28-23-12-14-24(15-13-23)34(32,33)29-16-4-5-17-30-25(18-29)27(26(30)19-31)22-10-8-21(9-11-22)20-6-2-1-3-7-20/h6,8-15,25-27,31H,1-5,7,16-19H2/t25-,26+,27+/m0/s1. The van der Waals surface area contributed by atoms with Gasteiger partial charge in [0.15, 0.2) is 0 Å². The first kappa shape index (κ1) is 23.7. The van der Waals surface area contributed by atoms with Gasteiger partial charge in [0.25, 0.3) is 0 Å². The molecule has 0 spiro atoms. The highest BCUT2D eigenvalue weighted by atomic mass is 32.2. The summed E-state index contributed by atoms with van der Waals surface area (Å²) in [6.45, 7) is 1.74. The van der Waals surface area contributed by atoms with Gasteiger partial charge in [0.2, 0.25) is 10.0 Å². The SMILES string of the molecule is O=S(=O)(c1ccc(F)cc1)N1CCCCN2[C@H](CO)[C@H](c3ccc(C4=CCCCC4)cc3)[C@@H]2C1. The van der Waals surface area contributed by atoms with Crippen molar-refractivity contribution >= 4 is 15.6 Å². The van der Waals surface area contributed by atoms with E-state index in [1.54, 1.807) is 4.31 Å². The number of hydrogen-bond acceptors (Lipinski definition) is 4. The van der Waals surface area contributed by atoms with Gasteiger partial charge in [-0.3, -0.25) is 4.90 Å². The second-order valence-corrected chi connectivity index (χ2v) is 11.6. The maximum absolute atomic E-state index is 13.4. The Balaban J connectivity index is 1.40. The van der Waals surface area contributed by atoms with Crippen LogP contribution in [0.1, 0.15) is 55.6 Å². The largest absolute Gasteiger partial charge is 0.395 e. The van der Waals surface area contributed by atoms with E-state index in [9.17, 15) is 17.9 Å². The molecular formula is C27H33FN2O3S. The number of allylic oxidation sites excluding steroid dienone is 2. The van der Waals surface area contributed by atoms with Crippen molar-refractivity contribution in [1.82, 2.24) is 9.21 Å². The van der Waals surface area contributed by atoms with Crippen molar-refractivity contribution in [3.63, 3.8) is 0 Å². The maximum atomic E-state index is 13.4. The molecule has 2 saturated heterocycles. The number of aliphatic hydroxyl groups is 1. The molecule has 2 heterocycles. The lowest BCUT2D eigenvalue weighted by Gasteiger charge is -2.57. The fourth-order valence-corrected chi connectivity index (χ4v) is 7.40. The third-order valence-electron chi connectivity index (χ3n) is 7.74. The van der Waals surface area contributed by atoms with Gasteiger partial charge in [-0.05, 0) is 86.0 Å². The lowest BCUT2D eigenvalue weighted by Crippen LogP contribution is -2.67. The molecule has 1 N–H and O–H groups in total. The fourth-order valence-electron chi connectivity index (χ4n) is 5.90. The van der Waals surface area contributed by atoms with Gasteiger partial charge in [-0.2, -0.15) is 4.31 Å². The first-order valence-corrected chi connectivity index (χ1v) is 13.8. The molecule has 0 amide bonds. The minimum atomic E-state index is -3.72. The molecule has 5 nitrogen and oxygen atoms in total. The molecule has 34 heavy (non-hydrogen) atoms. The third-order valence-corrected chi connectivity index (χ3v) is 9.62. The Morgan fingerprint density at radius 1 is 0.941 bits per heavy atom. The molecule has 0 bridgehead atoms. The lowest BCUT2D eigenvalue weighted by molar-refractivity contribution is -0.0553. The Hall–Kier alpha value is -2.06. The molecule has 3 atom stereocenters. The van der Waals surface area contributed by atoms with Gasteiger partial charge in [-0.15, -0.1) is 0 Å². The number of aliphatic hydroxyl groups excluding tert-OH is 1. The Bertz CT molecular complexity index is 1130. The van der Waals surface area contributed by atoms with Crippen LogP contribution in [0.25, 0.3) is 5.57 Å². The summed E-state index contributed by atoms with van der Waals surface area (Å²) in [5, 5.41) is 10.2. The molecule has 0 unspecified atom stereocenters. The van der Waals surface area contributed by atoms with Crippen LogP contribution in [-0.4, -0.2) is 61.1 Å². The zero-order chi connectivity index (χ0) is 23.7. The number of benzene rings is 2. The summed E-state index contributed by atoms with van der Waals surface area (Å²) in [5.41, 5.74) is 3.83. The Labute approximate surface area is 201 Å². The molecule has 7 heteroatoms. The highest BCUT2D eigenvalue weighted by Gasteiger charge is 2.50. The van der Waals surface area contributed by atoms with E-state index in [-0.39, 0.29) is 29.5 Å². The van der Waals surface area contributed by atoms with Gasteiger partial charge in [0.1, 0.15) is 5.82 Å². The van der Waals surface area contributed by atoms with E-state index < -0.39 is 15.8 Å². The van der Waals surface area contributed by atoms with Crippen LogP contribution in [0, 0.1) is 5.82 Å². The first-order chi connectivity index (χ1) is 16.5. The van der Waals surface area contributed by atoms with Crippen molar-refractivity contribution < 1.29 is 17.9 Å². The quantitative estimate of drug-likeness (QED) is 0.684. The van der Waals surface area contributed by atoms with Crippen LogP contribution in [0.4, 0.5) is 4.39 Å². The summed E-state index contributed by atoms with van der Waals surface area (Å²) in [6, 6.07) is 13.8. The Morgan fingerprint density at radius 2 is 1.68 bits per heavy atom. The summed E-state index contributed by atoms with van der Waals surface area (Å²) in [5.74, 6) is -0.376. The molecule has 2 fully saturated rings.